The van der Waals surface area contributed by atoms with Gasteiger partial charge in [0.2, 0.25) is 10.0 Å². The Morgan fingerprint density at radius 3 is 2.36 bits per heavy atom. The number of sulfonamides is 1. The molecule has 2 heterocycles. The highest BCUT2D eigenvalue weighted by molar-refractivity contribution is 7.89. The van der Waals surface area contributed by atoms with E-state index in [4.69, 9.17) is 11.6 Å². The van der Waals surface area contributed by atoms with Crippen LogP contribution in [0.2, 0.25) is 5.02 Å². The van der Waals surface area contributed by atoms with E-state index in [0.29, 0.717) is 5.02 Å². The topological polar surface area (TPSA) is 75.2 Å². The van der Waals surface area contributed by atoms with Gasteiger partial charge in [-0.3, -0.25) is 0 Å². The highest BCUT2D eigenvalue weighted by atomic mass is 35.5. The minimum Gasteiger partial charge on any atom is -0.356 e. The number of piperidine rings is 1. The quantitative estimate of drug-likeness (QED) is 0.882. The monoisotopic (exact) mass is 380 g/mol. The van der Waals surface area contributed by atoms with E-state index in [0.717, 1.165) is 43.3 Å². The Labute approximate surface area is 153 Å². The van der Waals surface area contributed by atoms with Crippen LogP contribution in [0.1, 0.15) is 24.4 Å². The van der Waals surface area contributed by atoms with E-state index in [1.54, 1.807) is 12.1 Å². The molecule has 0 aliphatic carbocycles. The van der Waals surface area contributed by atoms with Crippen molar-refractivity contribution in [2.45, 2.75) is 37.6 Å². The first-order valence-electron chi connectivity index (χ1n) is 8.18. The summed E-state index contributed by atoms with van der Waals surface area (Å²) < 4.78 is 27.7. The Hall–Kier alpha value is -1.70. The summed E-state index contributed by atoms with van der Waals surface area (Å²) in [7, 11) is -3.53. The van der Waals surface area contributed by atoms with Crippen molar-refractivity contribution in [3.8, 4) is 0 Å². The molecule has 0 bridgehead atoms. The van der Waals surface area contributed by atoms with E-state index in [-0.39, 0.29) is 10.9 Å². The molecular weight excluding hydrogens is 360 g/mol. The molecule has 0 amide bonds. The van der Waals surface area contributed by atoms with Gasteiger partial charge in [0.15, 0.2) is 0 Å². The van der Waals surface area contributed by atoms with Crippen LogP contribution in [0, 0.1) is 13.8 Å². The first kappa shape index (κ1) is 18.1. The number of nitrogens with zero attached hydrogens (tertiary/aromatic N) is 3. The Kier molecular flexibility index (Phi) is 5.27. The number of nitrogens with one attached hydrogen (secondary N) is 1. The van der Waals surface area contributed by atoms with Gasteiger partial charge in [0, 0.05) is 35.9 Å². The number of aromatic nitrogens is 2. The molecule has 0 radical (unpaired) electrons. The lowest BCUT2D eigenvalue weighted by molar-refractivity contribution is 0.458. The molecular formula is C17H21ClN4O2S. The summed E-state index contributed by atoms with van der Waals surface area (Å²) in [5, 5.41) is 0.516. The molecule has 1 saturated heterocycles. The van der Waals surface area contributed by atoms with Gasteiger partial charge in [0.25, 0.3) is 0 Å². The average Bonchev–Trinajstić information content (AvgIpc) is 2.54. The van der Waals surface area contributed by atoms with Crippen molar-refractivity contribution in [2.24, 2.45) is 0 Å². The molecule has 0 saturated carbocycles. The smallest absolute Gasteiger partial charge is 0.240 e. The van der Waals surface area contributed by atoms with Crippen LogP contribution in [0.3, 0.4) is 0 Å². The summed E-state index contributed by atoms with van der Waals surface area (Å²) in [5.41, 5.74) is 0.938. The Bertz CT molecular complexity index is 827. The molecule has 6 nitrogen and oxygen atoms in total. The third-order valence-corrected chi connectivity index (χ3v) is 6.01. The van der Waals surface area contributed by atoms with Crippen LogP contribution >= 0.6 is 11.6 Å². The van der Waals surface area contributed by atoms with E-state index >= 15 is 0 Å². The maximum Gasteiger partial charge on any atom is 0.240 e. The van der Waals surface area contributed by atoms with Gasteiger partial charge in [-0.25, -0.2) is 23.1 Å². The van der Waals surface area contributed by atoms with Crippen LogP contribution in [0.15, 0.2) is 35.2 Å². The van der Waals surface area contributed by atoms with Gasteiger partial charge < -0.3 is 4.90 Å². The van der Waals surface area contributed by atoms with Crippen LogP contribution < -0.4 is 9.62 Å². The summed E-state index contributed by atoms with van der Waals surface area (Å²) >= 11 is 5.82. The second-order valence-electron chi connectivity index (χ2n) is 6.25. The van der Waals surface area contributed by atoms with Gasteiger partial charge in [-0.05, 0) is 51.0 Å². The van der Waals surface area contributed by atoms with Gasteiger partial charge in [0.05, 0.1) is 4.90 Å². The van der Waals surface area contributed by atoms with Crippen LogP contribution in [0.25, 0.3) is 0 Å². The molecule has 0 unspecified atom stereocenters. The van der Waals surface area contributed by atoms with Crippen LogP contribution in [0.5, 0.6) is 0 Å². The number of benzene rings is 1. The zero-order valence-corrected chi connectivity index (χ0v) is 15.8. The maximum absolute atomic E-state index is 12.5. The van der Waals surface area contributed by atoms with E-state index < -0.39 is 10.0 Å². The first-order valence-corrected chi connectivity index (χ1v) is 10.0. The molecule has 3 rings (SSSR count). The number of hydrogen-bond acceptors (Lipinski definition) is 5. The molecule has 1 aliphatic heterocycles. The Morgan fingerprint density at radius 1 is 1.12 bits per heavy atom. The first-order chi connectivity index (χ1) is 11.8. The van der Waals surface area contributed by atoms with Gasteiger partial charge in [0.1, 0.15) is 11.6 Å². The summed E-state index contributed by atoms with van der Waals surface area (Å²) in [6.45, 7) is 5.34. The third kappa shape index (κ3) is 4.48. The van der Waals surface area contributed by atoms with Crippen molar-refractivity contribution in [1.29, 1.82) is 0 Å². The lowest BCUT2D eigenvalue weighted by atomic mass is 10.1. The van der Waals surface area contributed by atoms with Gasteiger partial charge >= 0.3 is 0 Å². The fourth-order valence-electron chi connectivity index (χ4n) is 2.99. The summed E-state index contributed by atoms with van der Waals surface area (Å²) in [6, 6.07) is 8.08. The zero-order chi connectivity index (χ0) is 18.0. The fourth-order valence-corrected chi connectivity index (χ4v) is 4.42. The van der Waals surface area contributed by atoms with Crippen molar-refractivity contribution in [3.05, 3.63) is 46.9 Å². The van der Waals surface area contributed by atoms with Crippen molar-refractivity contribution in [1.82, 2.24) is 14.7 Å². The molecule has 2 aromatic rings. The second kappa shape index (κ2) is 7.27. The van der Waals surface area contributed by atoms with Crippen molar-refractivity contribution < 1.29 is 8.42 Å². The Morgan fingerprint density at radius 2 is 1.76 bits per heavy atom. The highest BCUT2D eigenvalue weighted by Gasteiger charge is 2.25. The van der Waals surface area contributed by atoms with Crippen LogP contribution in [0.4, 0.5) is 5.82 Å². The number of hydrogen-bond donors (Lipinski definition) is 1. The van der Waals surface area contributed by atoms with Crippen molar-refractivity contribution in [2.75, 3.05) is 18.0 Å². The molecule has 1 N–H and O–H groups in total. The largest absolute Gasteiger partial charge is 0.356 e. The van der Waals surface area contributed by atoms with E-state index in [1.165, 1.54) is 12.1 Å². The molecule has 8 heteroatoms. The normalized spacial score (nSPS) is 16.2. The van der Waals surface area contributed by atoms with Crippen molar-refractivity contribution in [3.63, 3.8) is 0 Å². The van der Waals surface area contributed by atoms with Crippen molar-refractivity contribution >= 4 is 27.4 Å². The standard InChI is InChI=1S/C17H21ClN4O2S/c1-12-11-17(20-13(2)19-12)22-9-7-15(8-10-22)21-25(23,24)16-5-3-14(18)4-6-16/h3-6,11,15,21H,7-10H2,1-2H3. The molecule has 25 heavy (non-hydrogen) atoms. The number of aryl methyl sites for hydroxylation is 2. The molecule has 1 aromatic carbocycles. The van der Waals surface area contributed by atoms with Gasteiger partial charge in [-0.2, -0.15) is 0 Å². The van der Waals surface area contributed by atoms with E-state index in [9.17, 15) is 8.42 Å². The van der Waals surface area contributed by atoms with Gasteiger partial charge in [-0.1, -0.05) is 11.6 Å². The number of rotatable bonds is 4. The number of anilines is 1. The third-order valence-electron chi connectivity index (χ3n) is 4.22. The minimum atomic E-state index is -3.53. The molecule has 0 atom stereocenters. The average molecular weight is 381 g/mol. The molecule has 0 spiro atoms. The predicted molar refractivity (Wildman–Crippen MR) is 98.5 cm³/mol. The molecule has 1 fully saturated rings. The lowest BCUT2D eigenvalue weighted by Gasteiger charge is -2.33. The predicted octanol–water partition coefficient (Wildman–Crippen LogP) is 2.69. The highest BCUT2D eigenvalue weighted by Crippen LogP contribution is 2.21. The summed E-state index contributed by atoms with van der Waals surface area (Å²) in [4.78, 5) is 11.2. The molecule has 134 valence electrons. The SMILES string of the molecule is Cc1cc(N2CCC(NS(=O)(=O)c3ccc(Cl)cc3)CC2)nc(C)n1. The fraction of sp³-hybridized carbons (Fsp3) is 0.412. The van der Waals surface area contributed by atoms with Gasteiger partial charge in [-0.15, -0.1) is 0 Å². The van der Waals surface area contributed by atoms with Crippen LogP contribution in [-0.4, -0.2) is 37.5 Å². The van der Waals surface area contributed by atoms with E-state index in [1.807, 2.05) is 19.9 Å². The molecule has 1 aromatic heterocycles. The summed E-state index contributed by atoms with van der Waals surface area (Å²) in [5.74, 6) is 1.66. The maximum atomic E-state index is 12.5. The summed E-state index contributed by atoms with van der Waals surface area (Å²) in [6.07, 6.45) is 1.46. The number of halogens is 1. The minimum absolute atomic E-state index is 0.0824. The zero-order valence-electron chi connectivity index (χ0n) is 14.2. The van der Waals surface area contributed by atoms with E-state index in [2.05, 4.69) is 19.6 Å². The lowest BCUT2D eigenvalue weighted by Crippen LogP contribution is -2.44. The van der Waals surface area contributed by atoms with Crippen LogP contribution in [-0.2, 0) is 10.0 Å². The Balaban J connectivity index is 1.63. The second-order valence-corrected chi connectivity index (χ2v) is 8.40. The molecule has 1 aliphatic rings.